The molecule has 0 aromatic rings. The van der Waals surface area contributed by atoms with Crippen molar-refractivity contribution in [2.75, 3.05) is 32.8 Å². The number of carboxylic acid groups (broad SMARTS) is 1. The summed E-state index contributed by atoms with van der Waals surface area (Å²) in [4.78, 5) is 24.0. The van der Waals surface area contributed by atoms with Crippen LogP contribution in [0.3, 0.4) is 0 Å². The van der Waals surface area contributed by atoms with Crippen molar-refractivity contribution < 1.29 is 33.0 Å². The Morgan fingerprint density at radius 2 is 1.80 bits per heavy atom. The lowest BCUT2D eigenvalue weighted by atomic mass is 10.3. The van der Waals surface area contributed by atoms with Crippen molar-refractivity contribution in [2.24, 2.45) is 5.92 Å². The van der Waals surface area contributed by atoms with Gasteiger partial charge in [0.15, 0.2) is 0 Å². The third kappa shape index (κ3) is 6.09. The fourth-order valence-corrected chi connectivity index (χ4v) is 1.77. The maximum Gasteiger partial charge on any atom is 0.406 e. The first-order valence-corrected chi connectivity index (χ1v) is 6.16. The van der Waals surface area contributed by atoms with Crippen LogP contribution in [0.25, 0.3) is 0 Å². The second-order valence-electron chi connectivity index (χ2n) is 4.76. The number of rotatable bonds is 7. The van der Waals surface area contributed by atoms with Crippen molar-refractivity contribution in [3.8, 4) is 0 Å². The zero-order valence-corrected chi connectivity index (χ0v) is 10.8. The van der Waals surface area contributed by atoms with Gasteiger partial charge in [-0.15, -0.1) is 0 Å². The first kappa shape index (κ1) is 16.5. The SMILES string of the molecule is O=C(O)CN(CC1CC1)C(=O)N(CCO)CC(F)(F)F. The fourth-order valence-electron chi connectivity index (χ4n) is 1.77. The highest BCUT2D eigenvalue weighted by molar-refractivity contribution is 5.80. The minimum atomic E-state index is -4.60. The van der Waals surface area contributed by atoms with E-state index in [0.717, 1.165) is 17.7 Å². The van der Waals surface area contributed by atoms with E-state index in [2.05, 4.69) is 0 Å². The van der Waals surface area contributed by atoms with Gasteiger partial charge in [-0.2, -0.15) is 13.2 Å². The van der Waals surface area contributed by atoms with Crippen LogP contribution in [-0.2, 0) is 4.79 Å². The highest BCUT2D eigenvalue weighted by Crippen LogP contribution is 2.30. The molecule has 1 rings (SSSR count). The number of nitrogens with zero attached hydrogens (tertiary/aromatic N) is 2. The van der Waals surface area contributed by atoms with Crippen LogP contribution in [0.1, 0.15) is 12.8 Å². The van der Waals surface area contributed by atoms with E-state index in [9.17, 15) is 22.8 Å². The summed E-state index contributed by atoms with van der Waals surface area (Å²) in [6, 6.07) is -1.01. The number of alkyl halides is 3. The van der Waals surface area contributed by atoms with Gasteiger partial charge in [0.2, 0.25) is 0 Å². The van der Waals surface area contributed by atoms with Gasteiger partial charge in [0, 0.05) is 13.1 Å². The number of halogens is 3. The van der Waals surface area contributed by atoms with Crippen LogP contribution in [0.4, 0.5) is 18.0 Å². The summed E-state index contributed by atoms with van der Waals surface area (Å²) >= 11 is 0. The Morgan fingerprint density at radius 1 is 1.20 bits per heavy atom. The highest BCUT2D eigenvalue weighted by Gasteiger charge is 2.36. The van der Waals surface area contributed by atoms with Gasteiger partial charge in [0.1, 0.15) is 13.1 Å². The highest BCUT2D eigenvalue weighted by atomic mass is 19.4. The second kappa shape index (κ2) is 6.78. The Bertz CT molecular complexity index is 358. The van der Waals surface area contributed by atoms with Crippen molar-refractivity contribution >= 4 is 12.0 Å². The lowest BCUT2D eigenvalue weighted by Crippen LogP contribution is -2.50. The quantitative estimate of drug-likeness (QED) is 0.727. The Labute approximate surface area is 113 Å². The van der Waals surface area contributed by atoms with Gasteiger partial charge in [-0.05, 0) is 18.8 Å². The molecule has 1 saturated carbocycles. The third-order valence-corrected chi connectivity index (χ3v) is 2.78. The molecule has 1 aliphatic rings. The molecule has 0 spiro atoms. The summed E-state index contributed by atoms with van der Waals surface area (Å²) in [7, 11) is 0. The predicted octanol–water partition coefficient (Wildman–Crippen LogP) is 0.760. The number of amides is 2. The van der Waals surface area contributed by atoms with Crippen LogP contribution in [0.2, 0.25) is 0 Å². The summed E-state index contributed by atoms with van der Waals surface area (Å²) in [5.74, 6) is -1.13. The molecule has 0 heterocycles. The molecule has 6 nitrogen and oxygen atoms in total. The van der Waals surface area contributed by atoms with Crippen molar-refractivity contribution in [1.29, 1.82) is 0 Å². The Balaban J connectivity index is 2.72. The van der Waals surface area contributed by atoms with E-state index in [4.69, 9.17) is 10.2 Å². The standard InChI is InChI=1S/C11H17F3N2O4/c12-11(13,14)7-15(3-4-17)10(20)16(6-9(18)19)5-8-1-2-8/h8,17H,1-7H2,(H,18,19). The van der Waals surface area contributed by atoms with Crippen LogP contribution in [0.5, 0.6) is 0 Å². The first-order chi connectivity index (χ1) is 9.23. The average Bonchev–Trinajstić information content (AvgIpc) is 3.08. The zero-order valence-electron chi connectivity index (χ0n) is 10.8. The van der Waals surface area contributed by atoms with Crippen molar-refractivity contribution in [3.05, 3.63) is 0 Å². The van der Waals surface area contributed by atoms with Gasteiger partial charge in [-0.3, -0.25) is 4.79 Å². The number of hydrogen-bond acceptors (Lipinski definition) is 3. The molecule has 0 aromatic heterocycles. The van der Waals surface area contributed by atoms with E-state index in [1.807, 2.05) is 0 Å². The number of hydrogen-bond donors (Lipinski definition) is 2. The minimum absolute atomic E-state index is 0.130. The molecule has 1 aliphatic carbocycles. The van der Waals surface area contributed by atoms with Gasteiger partial charge in [0.25, 0.3) is 0 Å². The molecular formula is C11H17F3N2O4. The van der Waals surface area contributed by atoms with E-state index < -0.39 is 44.4 Å². The number of carbonyl (C=O) groups excluding carboxylic acids is 1. The fraction of sp³-hybridized carbons (Fsp3) is 0.818. The van der Waals surface area contributed by atoms with Gasteiger partial charge in [-0.1, -0.05) is 0 Å². The zero-order chi connectivity index (χ0) is 15.3. The molecular weight excluding hydrogens is 281 g/mol. The van der Waals surface area contributed by atoms with E-state index in [1.54, 1.807) is 0 Å². The molecule has 0 unspecified atom stereocenters. The molecule has 0 radical (unpaired) electrons. The monoisotopic (exact) mass is 298 g/mol. The summed E-state index contributed by atoms with van der Waals surface area (Å²) in [6.07, 6.45) is -2.93. The van der Waals surface area contributed by atoms with E-state index >= 15 is 0 Å². The Kier molecular flexibility index (Phi) is 5.61. The molecule has 1 fully saturated rings. The molecule has 2 N–H and O–H groups in total. The third-order valence-electron chi connectivity index (χ3n) is 2.78. The van der Waals surface area contributed by atoms with Gasteiger partial charge in [0.05, 0.1) is 6.61 Å². The van der Waals surface area contributed by atoms with E-state index in [1.165, 1.54) is 0 Å². The summed E-state index contributed by atoms with van der Waals surface area (Å²) in [5.41, 5.74) is 0. The second-order valence-corrected chi connectivity index (χ2v) is 4.76. The van der Waals surface area contributed by atoms with Crippen molar-refractivity contribution in [1.82, 2.24) is 9.80 Å². The maximum absolute atomic E-state index is 12.4. The molecule has 20 heavy (non-hydrogen) atoms. The van der Waals surface area contributed by atoms with Gasteiger partial charge >= 0.3 is 18.2 Å². The van der Waals surface area contributed by atoms with E-state index in [0.29, 0.717) is 4.90 Å². The molecule has 0 bridgehead atoms. The molecule has 0 aromatic carbocycles. The van der Waals surface area contributed by atoms with Gasteiger partial charge in [-0.25, -0.2) is 4.79 Å². The summed E-state index contributed by atoms with van der Waals surface area (Å²) in [6.45, 7) is -3.13. The molecule has 2 amide bonds. The number of carboxylic acids is 1. The van der Waals surface area contributed by atoms with Gasteiger partial charge < -0.3 is 20.0 Å². The average molecular weight is 298 g/mol. The molecule has 116 valence electrons. The van der Waals surface area contributed by atoms with E-state index in [-0.39, 0.29) is 12.5 Å². The summed E-state index contributed by atoms with van der Waals surface area (Å²) < 4.78 is 37.1. The summed E-state index contributed by atoms with van der Waals surface area (Å²) in [5, 5.41) is 17.5. The lowest BCUT2D eigenvalue weighted by Gasteiger charge is -2.30. The predicted molar refractivity (Wildman–Crippen MR) is 62.0 cm³/mol. The normalized spacial score (nSPS) is 15.0. The lowest BCUT2D eigenvalue weighted by molar-refractivity contribution is -0.142. The number of aliphatic carboxylic acids is 1. The van der Waals surface area contributed by atoms with Crippen molar-refractivity contribution in [2.45, 2.75) is 19.0 Å². The number of carbonyl (C=O) groups is 2. The van der Waals surface area contributed by atoms with Crippen LogP contribution in [0, 0.1) is 5.92 Å². The van der Waals surface area contributed by atoms with Crippen molar-refractivity contribution in [3.63, 3.8) is 0 Å². The largest absolute Gasteiger partial charge is 0.480 e. The molecule has 9 heteroatoms. The number of aliphatic hydroxyl groups is 1. The van der Waals surface area contributed by atoms with Crippen LogP contribution < -0.4 is 0 Å². The maximum atomic E-state index is 12.4. The van der Waals surface area contributed by atoms with Crippen LogP contribution in [0.15, 0.2) is 0 Å². The van der Waals surface area contributed by atoms with Crippen LogP contribution >= 0.6 is 0 Å². The topological polar surface area (TPSA) is 81.1 Å². The molecule has 0 aliphatic heterocycles. The Morgan fingerprint density at radius 3 is 2.20 bits per heavy atom. The first-order valence-electron chi connectivity index (χ1n) is 6.16. The molecule has 0 atom stereocenters. The number of urea groups is 1. The molecule has 0 saturated heterocycles. The number of aliphatic hydroxyl groups excluding tert-OH is 1. The minimum Gasteiger partial charge on any atom is -0.480 e. The Hall–Kier alpha value is -1.51. The van der Waals surface area contributed by atoms with Crippen LogP contribution in [-0.4, -0.2) is 71.0 Å². The smallest absolute Gasteiger partial charge is 0.406 e.